The van der Waals surface area contributed by atoms with Crippen LogP contribution in [0, 0.1) is 13.8 Å². The monoisotopic (exact) mass is 310 g/mol. The van der Waals surface area contributed by atoms with Gasteiger partial charge in [0.1, 0.15) is 5.76 Å². The van der Waals surface area contributed by atoms with Crippen LogP contribution in [0.25, 0.3) is 0 Å². The molecule has 1 aromatic heterocycles. The topological polar surface area (TPSA) is 52.0 Å². The summed E-state index contributed by atoms with van der Waals surface area (Å²) in [6, 6.07) is 6.16. The molecule has 0 spiro atoms. The maximum atomic E-state index is 6.31. The zero-order valence-corrected chi connectivity index (χ0v) is 13.5. The second kappa shape index (κ2) is 6.66. The molecule has 2 aromatic rings. The second-order valence-corrected chi connectivity index (χ2v) is 6.28. The molecule has 0 aliphatic carbocycles. The number of nitrogens with zero attached hydrogens (tertiary/aromatic N) is 1. The molecule has 1 aromatic carbocycles. The zero-order chi connectivity index (χ0) is 14.7. The number of oxazole rings is 1. The van der Waals surface area contributed by atoms with Gasteiger partial charge in [0.25, 0.3) is 5.22 Å². The van der Waals surface area contributed by atoms with E-state index in [-0.39, 0.29) is 6.04 Å². The van der Waals surface area contributed by atoms with E-state index < -0.39 is 0 Å². The van der Waals surface area contributed by atoms with E-state index >= 15 is 0 Å². The number of rotatable bonds is 5. The van der Waals surface area contributed by atoms with Crippen molar-refractivity contribution in [2.75, 3.05) is 0 Å². The molecule has 0 amide bonds. The summed E-state index contributed by atoms with van der Waals surface area (Å²) in [7, 11) is 0. The lowest BCUT2D eigenvalue weighted by atomic mass is 10.1. The normalized spacial score (nSPS) is 12.7. The highest BCUT2D eigenvalue weighted by Gasteiger charge is 2.10. The summed E-state index contributed by atoms with van der Waals surface area (Å²) in [5.74, 6) is 0.851. The molecule has 1 heterocycles. The van der Waals surface area contributed by atoms with Crippen LogP contribution in [-0.4, -0.2) is 11.0 Å². The van der Waals surface area contributed by atoms with Gasteiger partial charge >= 0.3 is 0 Å². The van der Waals surface area contributed by atoms with Crippen LogP contribution in [0.2, 0.25) is 5.02 Å². The number of hydrogen-bond donors (Lipinski definition) is 1. The lowest BCUT2D eigenvalue weighted by Crippen LogP contribution is -2.21. The third kappa shape index (κ3) is 3.78. The Morgan fingerprint density at radius 1 is 1.40 bits per heavy atom. The number of halogens is 1. The number of hydrogen-bond acceptors (Lipinski definition) is 4. The van der Waals surface area contributed by atoms with Crippen molar-refractivity contribution in [3.05, 3.63) is 40.2 Å². The van der Waals surface area contributed by atoms with Gasteiger partial charge in [0.15, 0.2) is 0 Å². The molecule has 0 radical (unpaired) electrons. The summed E-state index contributed by atoms with van der Waals surface area (Å²) in [5.41, 5.74) is 7.97. The fourth-order valence-electron chi connectivity index (χ4n) is 1.77. The molecular formula is C15H19ClN2OS. The summed E-state index contributed by atoms with van der Waals surface area (Å²) in [4.78, 5) is 5.37. The van der Waals surface area contributed by atoms with Crippen molar-refractivity contribution in [2.24, 2.45) is 5.73 Å². The highest BCUT2D eigenvalue weighted by Crippen LogP contribution is 2.31. The second-order valence-electron chi connectivity index (χ2n) is 4.85. The Kier molecular flexibility index (Phi) is 5.13. The fourth-order valence-corrected chi connectivity index (χ4v) is 2.96. The van der Waals surface area contributed by atoms with Crippen molar-refractivity contribution in [1.82, 2.24) is 4.98 Å². The number of aryl methyl sites for hydroxylation is 2. The van der Waals surface area contributed by atoms with E-state index in [9.17, 15) is 0 Å². The number of aromatic nitrogens is 1. The Morgan fingerprint density at radius 3 is 2.70 bits per heavy atom. The molecule has 0 aliphatic heterocycles. The average Bonchev–Trinajstić information content (AvgIpc) is 2.71. The fraction of sp³-hybridized carbons (Fsp3) is 0.400. The van der Waals surface area contributed by atoms with Crippen LogP contribution < -0.4 is 5.73 Å². The van der Waals surface area contributed by atoms with Crippen molar-refractivity contribution >= 4 is 23.4 Å². The Hall–Kier alpha value is -0.970. The van der Waals surface area contributed by atoms with E-state index in [0.717, 1.165) is 39.8 Å². The molecule has 0 saturated carbocycles. The van der Waals surface area contributed by atoms with E-state index in [1.54, 1.807) is 0 Å². The molecule has 5 heteroatoms. The summed E-state index contributed by atoms with van der Waals surface area (Å²) in [6.07, 6.45) is 1.75. The van der Waals surface area contributed by atoms with Gasteiger partial charge in [-0.25, -0.2) is 4.98 Å². The van der Waals surface area contributed by atoms with Crippen LogP contribution in [0.3, 0.4) is 0 Å². The van der Waals surface area contributed by atoms with Crippen molar-refractivity contribution < 1.29 is 4.42 Å². The molecule has 3 nitrogen and oxygen atoms in total. The summed E-state index contributed by atoms with van der Waals surface area (Å²) in [5, 5.41) is 1.40. The highest BCUT2D eigenvalue weighted by atomic mass is 35.5. The Bertz CT molecular complexity index is 578. The first-order chi connectivity index (χ1) is 9.49. The largest absolute Gasteiger partial charge is 0.436 e. The molecule has 0 saturated heterocycles. The molecule has 2 rings (SSSR count). The molecule has 20 heavy (non-hydrogen) atoms. The SMILES string of the molecule is CCC(N)Cc1ccc(Sc2nc(C)c(C)o2)cc1Cl. The van der Waals surface area contributed by atoms with Gasteiger partial charge in [-0.05, 0) is 56.1 Å². The molecule has 0 bridgehead atoms. The van der Waals surface area contributed by atoms with E-state index in [0.29, 0.717) is 5.22 Å². The third-order valence-corrected chi connectivity index (χ3v) is 4.44. The minimum Gasteiger partial charge on any atom is -0.436 e. The van der Waals surface area contributed by atoms with E-state index in [1.165, 1.54) is 11.8 Å². The van der Waals surface area contributed by atoms with E-state index in [1.807, 2.05) is 32.0 Å². The smallest absolute Gasteiger partial charge is 0.260 e. The zero-order valence-electron chi connectivity index (χ0n) is 11.9. The van der Waals surface area contributed by atoms with Crippen LogP contribution in [-0.2, 0) is 6.42 Å². The first-order valence-electron chi connectivity index (χ1n) is 6.65. The van der Waals surface area contributed by atoms with Crippen molar-refractivity contribution in [3.8, 4) is 0 Å². The van der Waals surface area contributed by atoms with Crippen molar-refractivity contribution in [1.29, 1.82) is 0 Å². The quantitative estimate of drug-likeness (QED) is 0.890. The maximum absolute atomic E-state index is 6.31. The lowest BCUT2D eigenvalue weighted by Gasteiger charge is -2.10. The molecule has 0 fully saturated rings. The first kappa shape index (κ1) is 15.4. The lowest BCUT2D eigenvalue weighted by molar-refractivity contribution is 0.431. The van der Waals surface area contributed by atoms with E-state index in [4.69, 9.17) is 21.8 Å². The van der Waals surface area contributed by atoms with Gasteiger partial charge < -0.3 is 10.2 Å². The molecular weight excluding hydrogens is 292 g/mol. The van der Waals surface area contributed by atoms with Gasteiger partial charge in [0, 0.05) is 16.0 Å². The maximum Gasteiger partial charge on any atom is 0.260 e. The molecule has 2 N–H and O–H groups in total. The molecule has 1 unspecified atom stereocenters. The van der Waals surface area contributed by atoms with Gasteiger partial charge in [-0.2, -0.15) is 0 Å². The first-order valence-corrected chi connectivity index (χ1v) is 7.85. The molecule has 1 atom stereocenters. The summed E-state index contributed by atoms with van der Waals surface area (Å²) >= 11 is 7.79. The van der Waals surface area contributed by atoms with Crippen molar-refractivity contribution in [3.63, 3.8) is 0 Å². The van der Waals surface area contributed by atoms with Crippen LogP contribution >= 0.6 is 23.4 Å². The standard InChI is InChI=1S/C15H19ClN2OS/c1-4-12(17)7-11-5-6-13(8-14(11)16)20-15-18-9(2)10(3)19-15/h5-6,8,12H,4,7,17H2,1-3H3. The molecule has 108 valence electrons. The van der Waals surface area contributed by atoms with Gasteiger partial charge in [-0.3, -0.25) is 0 Å². The Balaban J connectivity index is 2.12. The minimum absolute atomic E-state index is 0.156. The Labute approximate surface area is 128 Å². The predicted octanol–water partition coefficient (Wildman–Crippen LogP) is 4.38. The van der Waals surface area contributed by atoms with Gasteiger partial charge in [-0.15, -0.1) is 0 Å². The number of nitrogens with two attached hydrogens (primary N) is 1. The van der Waals surface area contributed by atoms with Crippen LogP contribution in [0.15, 0.2) is 32.7 Å². The highest BCUT2D eigenvalue weighted by molar-refractivity contribution is 7.99. The van der Waals surface area contributed by atoms with Crippen LogP contribution in [0.4, 0.5) is 0 Å². The summed E-state index contributed by atoms with van der Waals surface area (Å²) < 4.78 is 5.56. The van der Waals surface area contributed by atoms with Crippen molar-refractivity contribution in [2.45, 2.75) is 49.8 Å². The summed E-state index contributed by atoms with van der Waals surface area (Å²) in [6.45, 7) is 5.93. The van der Waals surface area contributed by atoms with Gasteiger partial charge in [-0.1, -0.05) is 24.6 Å². The van der Waals surface area contributed by atoms with Gasteiger partial charge in [0.2, 0.25) is 0 Å². The molecule has 0 aliphatic rings. The van der Waals surface area contributed by atoms with Crippen LogP contribution in [0.1, 0.15) is 30.4 Å². The van der Waals surface area contributed by atoms with Gasteiger partial charge in [0.05, 0.1) is 5.69 Å². The Morgan fingerprint density at radius 2 is 2.15 bits per heavy atom. The minimum atomic E-state index is 0.156. The average molecular weight is 311 g/mol. The number of benzene rings is 1. The third-order valence-electron chi connectivity index (χ3n) is 3.25. The predicted molar refractivity (Wildman–Crippen MR) is 83.5 cm³/mol. The van der Waals surface area contributed by atoms with Crippen LogP contribution in [0.5, 0.6) is 0 Å². The van der Waals surface area contributed by atoms with E-state index in [2.05, 4.69) is 11.9 Å².